The number of nitrogens with zero attached hydrogens (tertiary/aromatic N) is 2. The van der Waals surface area contributed by atoms with Crippen molar-refractivity contribution in [3.63, 3.8) is 0 Å². The molecular formula is C16H16N2O6. The first-order chi connectivity index (χ1) is 11.4. The van der Waals surface area contributed by atoms with Gasteiger partial charge >= 0.3 is 5.97 Å². The van der Waals surface area contributed by atoms with Crippen LogP contribution in [0.5, 0.6) is 5.88 Å². The Morgan fingerprint density at radius 1 is 1.42 bits per heavy atom. The minimum atomic E-state index is -2.36. The van der Waals surface area contributed by atoms with Gasteiger partial charge in [-0.1, -0.05) is 6.07 Å². The van der Waals surface area contributed by atoms with Crippen LogP contribution in [0.2, 0.25) is 0 Å². The Labute approximate surface area is 137 Å². The molecular weight excluding hydrogens is 316 g/mol. The molecule has 0 bridgehead atoms. The molecule has 1 aliphatic rings. The molecule has 0 radical (unpaired) electrons. The predicted octanol–water partition coefficient (Wildman–Crippen LogP) is 0.770. The second-order valence-corrected chi connectivity index (χ2v) is 5.39. The van der Waals surface area contributed by atoms with Crippen molar-refractivity contribution < 1.29 is 29.3 Å². The van der Waals surface area contributed by atoms with Gasteiger partial charge in [-0.25, -0.2) is 4.98 Å². The number of aliphatic hydroxyl groups is 1. The van der Waals surface area contributed by atoms with Crippen molar-refractivity contribution in [3.8, 4) is 5.88 Å². The molecule has 0 saturated carbocycles. The van der Waals surface area contributed by atoms with Crippen LogP contribution >= 0.6 is 0 Å². The molecule has 0 aliphatic carbocycles. The van der Waals surface area contributed by atoms with Gasteiger partial charge in [0.25, 0.3) is 11.7 Å². The molecule has 24 heavy (non-hydrogen) atoms. The molecule has 1 aliphatic heterocycles. The van der Waals surface area contributed by atoms with Crippen LogP contribution in [0.3, 0.4) is 0 Å². The molecule has 1 amide bonds. The standard InChI is InChI=1S/C16H16N2O6/c1-23-13-5-3-10-2-4-11(8-12(10)17-13)18-6-7-24-16(22,15(18)21)9-14(19)20/h2-5,8,22H,6-7,9H2,1H3,(H,19,20)/t16-/m0/s1. The van der Waals surface area contributed by atoms with E-state index >= 15 is 0 Å². The Hall–Kier alpha value is -2.71. The molecule has 1 fully saturated rings. The Morgan fingerprint density at radius 2 is 2.17 bits per heavy atom. The van der Waals surface area contributed by atoms with E-state index in [1.807, 2.05) is 6.07 Å². The summed E-state index contributed by atoms with van der Waals surface area (Å²) in [5, 5.41) is 19.9. The van der Waals surface area contributed by atoms with E-state index < -0.39 is 24.1 Å². The fourth-order valence-electron chi connectivity index (χ4n) is 2.63. The number of rotatable bonds is 4. The van der Waals surface area contributed by atoms with Crippen molar-refractivity contribution in [3.05, 3.63) is 30.3 Å². The minimum absolute atomic E-state index is 0.0269. The summed E-state index contributed by atoms with van der Waals surface area (Å²) in [6.07, 6.45) is -0.817. The number of ether oxygens (including phenoxy) is 2. The first-order valence-corrected chi connectivity index (χ1v) is 7.28. The number of benzene rings is 1. The smallest absolute Gasteiger partial charge is 0.309 e. The second-order valence-electron chi connectivity index (χ2n) is 5.39. The largest absolute Gasteiger partial charge is 0.481 e. The topological polar surface area (TPSA) is 109 Å². The lowest BCUT2D eigenvalue weighted by molar-refractivity contribution is -0.217. The van der Waals surface area contributed by atoms with Crippen molar-refractivity contribution in [1.82, 2.24) is 4.98 Å². The Morgan fingerprint density at radius 3 is 2.88 bits per heavy atom. The van der Waals surface area contributed by atoms with Crippen molar-refractivity contribution in [1.29, 1.82) is 0 Å². The number of carbonyl (C=O) groups is 2. The summed E-state index contributed by atoms with van der Waals surface area (Å²) in [6, 6.07) is 8.75. The number of methoxy groups -OCH3 is 1. The number of carboxylic acid groups (broad SMARTS) is 1. The average molecular weight is 332 g/mol. The highest BCUT2D eigenvalue weighted by molar-refractivity contribution is 6.02. The molecule has 3 rings (SSSR count). The summed E-state index contributed by atoms with van der Waals surface area (Å²) >= 11 is 0. The van der Waals surface area contributed by atoms with Gasteiger partial charge in [-0.15, -0.1) is 0 Å². The van der Waals surface area contributed by atoms with E-state index in [4.69, 9.17) is 14.6 Å². The third kappa shape index (κ3) is 2.89. The van der Waals surface area contributed by atoms with Gasteiger partial charge in [0.2, 0.25) is 5.88 Å². The molecule has 1 aromatic carbocycles. The zero-order valence-electron chi connectivity index (χ0n) is 12.9. The Balaban J connectivity index is 1.96. The summed E-state index contributed by atoms with van der Waals surface area (Å²) in [5.41, 5.74) is 1.12. The maximum absolute atomic E-state index is 12.5. The molecule has 0 unspecified atom stereocenters. The number of fused-ring (bicyclic) bond motifs is 1. The predicted molar refractivity (Wildman–Crippen MR) is 83.8 cm³/mol. The highest BCUT2D eigenvalue weighted by Gasteiger charge is 2.46. The Kier molecular flexibility index (Phi) is 4.08. The van der Waals surface area contributed by atoms with Crippen LogP contribution < -0.4 is 9.64 Å². The SMILES string of the molecule is COc1ccc2ccc(N3CCO[C@@](O)(CC(=O)O)C3=O)cc2n1. The molecule has 1 atom stereocenters. The van der Waals surface area contributed by atoms with E-state index in [2.05, 4.69) is 4.98 Å². The van der Waals surface area contributed by atoms with Gasteiger partial charge in [0.15, 0.2) is 0 Å². The number of hydrogen-bond acceptors (Lipinski definition) is 6. The average Bonchev–Trinajstić information content (AvgIpc) is 2.55. The van der Waals surface area contributed by atoms with Gasteiger partial charge in [0.05, 0.1) is 19.2 Å². The van der Waals surface area contributed by atoms with E-state index in [0.717, 1.165) is 5.39 Å². The number of pyridine rings is 1. The van der Waals surface area contributed by atoms with Gasteiger partial charge in [-0.3, -0.25) is 9.59 Å². The second kappa shape index (κ2) is 6.06. The van der Waals surface area contributed by atoms with Crippen LogP contribution in [0.1, 0.15) is 6.42 Å². The van der Waals surface area contributed by atoms with Crippen molar-refractivity contribution in [2.24, 2.45) is 0 Å². The normalized spacial score (nSPS) is 21.1. The maximum Gasteiger partial charge on any atom is 0.309 e. The third-order valence-corrected chi connectivity index (χ3v) is 3.80. The molecule has 0 spiro atoms. The number of amides is 1. The lowest BCUT2D eigenvalue weighted by Gasteiger charge is -2.37. The number of carboxylic acids is 1. The van der Waals surface area contributed by atoms with Crippen molar-refractivity contribution in [2.75, 3.05) is 25.2 Å². The first-order valence-electron chi connectivity index (χ1n) is 7.28. The first kappa shape index (κ1) is 16.2. The summed E-state index contributed by atoms with van der Waals surface area (Å²) in [5.74, 6) is -4.05. The number of carbonyl (C=O) groups excluding carboxylic acids is 1. The monoisotopic (exact) mass is 332 g/mol. The number of morpholine rings is 1. The number of aliphatic carboxylic acids is 1. The van der Waals surface area contributed by atoms with Crippen LogP contribution in [-0.2, 0) is 14.3 Å². The Bertz CT molecular complexity index is 808. The zero-order valence-corrected chi connectivity index (χ0v) is 12.9. The lowest BCUT2D eigenvalue weighted by Crippen LogP contribution is -2.57. The number of aromatic nitrogens is 1. The molecule has 8 heteroatoms. The number of anilines is 1. The highest BCUT2D eigenvalue weighted by atomic mass is 16.6. The van der Waals surface area contributed by atoms with E-state index in [0.29, 0.717) is 17.1 Å². The molecule has 2 heterocycles. The van der Waals surface area contributed by atoms with Crippen LogP contribution in [0.15, 0.2) is 30.3 Å². The fraction of sp³-hybridized carbons (Fsp3) is 0.312. The van der Waals surface area contributed by atoms with Gasteiger partial charge in [-0.2, -0.15) is 0 Å². The summed E-state index contributed by atoms with van der Waals surface area (Å²) in [7, 11) is 1.51. The van der Waals surface area contributed by atoms with E-state index in [1.54, 1.807) is 24.3 Å². The van der Waals surface area contributed by atoms with Crippen LogP contribution in [0, 0.1) is 0 Å². The molecule has 126 valence electrons. The summed E-state index contributed by atoms with van der Waals surface area (Å²) in [6.45, 7) is 0.231. The van der Waals surface area contributed by atoms with Crippen molar-refractivity contribution in [2.45, 2.75) is 12.2 Å². The quantitative estimate of drug-likeness (QED) is 0.851. The fourth-order valence-corrected chi connectivity index (χ4v) is 2.63. The number of hydrogen-bond donors (Lipinski definition) is 2. The van der Waals surface area contributed by atoms with Crippen LogP contribution in [-0.4, -0.2) is 53.1 Å². The highest BCUT2D eigenvalue weighted by Crippen LogP contribution is 2.28. The van der Waals surface area contributed by atoms with Crippen LogP contribution in [0.4, 0.5) is 5.69 Å². The van der Waals surface area contributed by atoms with Gasteiger partial charge in [0.1, 0.15) is 6.42 Å². The van der Waals surface area contributed by atoms with E-state index in [1.165, 1.54) is 12.0 Å². The van der Waals surface area contributed by atoms with Crippen LogP contribution in [0.25, 0.3) is 10.9 Å². The molecule has 8 nitrogen and oxygen atoms in total. The molecule has 2 N–H and O–H groups in total. The van der Waals surface area contributed by atoms with E-state index in [9.17, 15) is 14.7 Å². The molecule has 1 aromatic heterocycles. The van der Waals surface area contributed by atoms with Gasteiger partial charge in [0, 0.05) is 23.7 Å². The van der Waals surface area contributed by atoms with Crippen molar-refractivity contribution >= 4 is 28.5 Å². The summed E-state index contributed by atoms with van der Waals surface area (Å²) < 4.78 is 10.1. The van der Waals surface area contributed by atoms with Gasteiger partial charge < -0.3 is 24.6 Å². The maximum atomic E-state index is 12.5. The van der Waals surface area contributed by atoms with E-state index in [-0.39, 0.29) is 13.2 Å². The zero-order chi connectivity index (χ0) is 17.3. The summed E-state index contributed by atoms with van der Waals surface area (Å²) in [4.78, 5) is 29.0. The molecule has 1 saturated heterocycles. The third-order valence-electron chi connectivity index (χ3n) is 3.80. The lowest BCUT2D eigenvalue weighted by atomic mass is 10.1. The van der Waals surface area contributed by atoms with Gasteiger partial charge in [-0.05, 0) is 18.2 Å². The minimum Gasteiger partial charge on any atom is -0.481 e. The molecule has 2 aromatic rings.